The molecule has 0 fully saturated rings. The molecule has 2 heterocycles. The Balaban J connectivity index is 2.48. The number of nitrogens with zero attached hydrogens (tertiary/aromatic N) is 3. The molecule has 1 unspecified atom stereocenters. The Labute approximate surface area is 112 Å². The number of methoxy groups -OCH3 is 1. The van der Waals surface area contributed by atoms with Gasteiger partial charge in [-0.1, -0.05) is 0 Å². The van der Waals surface area contributed by atoms with Crippen LogP contribution in [0.25, 0.3) is 11.2 Å². The Hall–Kier alpha value is -1.13. The van der Waals surface area contributed by atoms with Gasteiger partial charge in [0.25, 0.3) is 0 Å². The summed E-state index contributed by atoms with van der Waals surface area (Å²) in [6.07, 6.45) is 0.918. The van der Waals surface area contributed by atoms with E-state index in [4.69, 9.17) is 16.3 Å². The topological polar surface area (TPSA) is 39.9 Å². The van der Waals surface area contributed by atoms with E-state index >= 15 is 0 Å². The van der Waals surface area contributed by atoms with Gasteiger partial charge in [-0.3, -0.25) is 0 Å². The second-order valence-electron chi connectivity index (χ2n) is 4.46. The Morgan fingerprint density at radius 2 is 2.17 bits per heavy atom. The maximum absolute atomic E-state index is 5.98. The van der Waals surface area contributed by atoms with Crippen molar-refractivity contribution >= 4 is 22.8 Å². The third-order valence-electron chi connectivity index (χ3n) is 3.05. The van der Waals surface area contributed by atoms with Crippen molar-refractivity contribution in [3.05, 3.63) is 23.7 Å². The van der Waals surface area contributed by atoms with Crippen LogP contribution in [0.1, 0.15) is 30.9 Å². The Morgan fingerprint density at radius 1 is 1.39 bits per heavy atom. The van der Waals surface area contributed by atoms with Crippen molar-refractivity contribution in [1.82, 2.24) is 14.5 Å². The predicted octanol–water partition coefficient (Wildman–Crippen LogP) is 3.08. The molecule has 4 nitrogen and oxygen atoms in total. The van der Waals surface area contributed by atoms with Crippen LogP contribution in [-0.2, 0) is 10.6 Å². The standard InChI is InChI=1S/C13H18ClN3O/c1-9-4-5-11-13(15-9)17(12(8-14)16-11)10(2)6-7-18-3/h4-5,10H,6-8H2,1-3H3. The minimum atomic E-state index is 0.276. The first-order valence-corrected chi connectivity index (χ1v) is 6.60. The predicted molar refractivity (Wildman–Crippen MR) is 73.0 cm³/mol. The third-order valence-corrected chi connectivity index (χ3v) is 3.29. The maximum Gasteiger partial charge on any atom is 0.160 e. The molecule has 98 valence electrons. The van der Waals surface area contributed by atoms with Gasteiger partial charge in [0.05, 0.1) is 5.88 Å². The quantitative estimate of drug-likeness (QED) is 0.782. The van der Waals surface area contributed by atoms with Gasteiger partial charge in [0, 0.05) is 25.5 Å². The van der Waals surface area contributed by atoms with E-state index in [-0.39, 0.29) is 6.04 Å². The van der Waals surface area contributed by atoms with E-state index in [0.717, 1.165) is 29.1 Å². The molecule has 0 aromatic carbocycles. The number of hydrogen-bond donors (Lipinski definition) is 0. The monoisotopic (exact) mass is 267 g/mol. The van der Waals surface area contributed by atoms with Crippen molar-refractivity contribution < 1.29 is 4.74 Å². The Bertz CT molecular complexity index is 538. The summed E-state index contributed by atoms with van der Waals surface area (Å²) in [7, 11) is 1.71. The zero-order chi connectivity index (χ0) is 13.1. The van der Waals surface area contributed by atoms with Crippen LogP contribution in [0.4, 0.5) is 0 Å². The Morgan fingerprint density at radius 3 is 2.83 bits per heavy atom. The summed E-state index contributed by atoms with van der Waals surface area (Å²) in [6, 6.07) is 4.24. The minimum Gasteiger partial charge on any atom is -0.385 e. The number of aromatic nitrogens is 3. The smallest absolute Gasteiger partial charge is 0.160 e. The second-order valence-corrected chi connectivity index (χ2v) is 4.72. The van der Waals surface area contributed by atoms with E-state index in [1.54, 1.807) is 7.11 Å². The molecule has 0 saturated heterocycles. The van der Waals surface area contributed by atoms with Crippen LogP contribution >= 0.6 is 11.6 Å². The molecule has 0 aliphatic carbocycles. The number of ether oxygens (including phenoxy) is 1. The van der Waals surface area contributed by atoms with Gasteiger partial charge < -0.3 is 9.30 Å². The lowest BCUT2D eigenvalue weighted by molar-refractivity contribution is 0.181. The first kappa shape index (κ1) is 13.3. The van der Waals surface area contributed by atoms with Crippen molar-refractivity contribution in [1.29, 1.82) is 0 Å². The number of aryl methyl sites for hydroxylation is 1. The largest absolute Gasteiger partial charge is 0.385 e. The van der Waals surface area contributed by atoms with Gasteiger partial charge in [-0.05, 0) is 32.4 Å². The lowest BCUT2D eigenvalue weighted by Gasteiger charge is -2.16. The molecule has 5 heteroatoms. The summed E-state index contributed by atoms with van der Waals surface area (Å²) in [4.78, 5) is 9.10. The van der Waals surface area contributed by atoms with E-state index < -0.39 is 0 Å². The molecule has 18 heavy (non-hydrogen) atoms. The third kappa shape index (κ3) is 2.49. The number of rotatable bonds is 5. The van der Waals surface area contributed by atoms with Gasteiger partial charge in [0.15, 0.2) is 5.65 Å². The van der Waals surface area contributed by atoms with Crippen molar-refractivity contribution in [3.8, 4) is 0 Å². The van der Waals surface area contributed by atoms with Crippen molar-refractivity contribution in [2.75, 3.05) is 13.7 Å². The molecule has 0 N–H and O–H groups in total. The maximum atomic E-state index is 5.98. The van der Waals surface area contributed by atoms with Crippen LogP contribution in [0.2, 0.25) is 0 Å². The van der Waals surface area contributed by atoms with Gasteiger partial charge >= 0.3 is 0 Å². The molecule has 1 atom stereocenters. The summed E-state index contributed by atoms with van der Waals surface area (Å²) in [5.74, 6) is 1.26. The van der Waals surface area contributed by atoms with Crippen LogP contribution in [0.15, 0.2) is 12.1 Å². The molecule has 0 radical (unpaired) electrons. The molecule has 0 aliphatic rings. The molecule has 0 spiro atoms. The zero-order valence-electron chi connectivity index (χ0n) is 11.0. The van der Waals surface area contributed by atoms with Crippen LogP contribution in [0.3, 0.4) is 0 Å². The first-order chi connectivity index (χ1) is 8.67. The first-order valence-electron chi connectivity index (χ1n) is 6.06. The van der Waals surface area contributed by atoms with Gasteiger partial charge in [-0.15, -0.1) is 11.6 Å². The van der Waals surface area contributed by atoms with Crippen molar-refractivity contribution in [2.45, 2.75) is 32.2 Å². The molecule has 0 aliphatic heterocycles. The number of pyridine rings is 1. The molecule has 0 amide bonds. The lowest BCUT2D eigenvalue weighted by atomic mass is 10.2. The van der Waals surface area contributed by atoms with E-state index in [1.165, 1.54) is 0 Å². The number of halogens is 1. The van der Waals surface area contributed by atoms with E-state index in [1.807, 2.05) is 19.1 Å². The van der Waals surface area contributed by atoms with Gasteiger partial charge in [0.2, 0.25) is 0 Å². The average molecular weight is 268 g/mol. The summed E-state index contributed by atoms with van der Waals surface area (Å²) in [5, 5.41) is 0. The number of hydrogen-bond acceptors (Lipinski definition) is 3. The van der Waals surface area contributed by atoms with Crippen LogP contribution in [0, 0.1) is 6.92 Å². The summed E-state index contributed by atoms with van der Waals surface area (Å²) >= 11 is 5.98. The van der Waals surface area contributed by atoms with E-state index in [2.05, 4.69) is 21.5 Å². The molecule has 2 aromatic heterocycles. The molecule has 0 bridgehead atoms. The van der Waals surface area contributed by atoms with Gasteiger partial charge in [-0.25, -0.2) is 9.97 Å². The van der Waals surface area contributed by atoms with Crippen molar-refractivity contribution in [2.24, 2.45) is 0 Å². The molecular weight excluding hydrogens is 250 g/mol. The fraction of sp³-hybridized carbons (Fsp3) is 0.538. The molecule has 2 aromatic rings. The van der Waals surface area contributed by atoms with Gasteiger partial charge in [-0.2, -0.15) is 0 Å². The second kappa shape index (κ2) is 5.67. The number of alkyl halides is 1. The fourth-order valence-corrected chi connectivity index (χ4v) is 2.28. The van der Waals surface area contributed by atoms with E-state index in [0.29, 0.717) is 12.5 Å². The van der Waals surface area contributed by atoms with Crippen molar-refractivity contribution in [3.63, 3.8) is 0 Å². The lowest BCUT2D eigenvalue weighted by Crippen LogP contribution is -2.11. The summed E-state index contributed by atoms with van der Waals surface area (Å²) in [6.45, 7) is 4.84. The summed E-state index contributed by atoms with van der Waals surface area (Å²) < 4.78 is 7.25. The molecule has 0 saturated carbocycles. The van der Waals surface area contributed by atoms with E-state index in [9.17, 15) is 0 Å². The van der Waals surface area contributed by atoms with Crippen LogP contribution < -0.4 is 0 Å². The SMILES string of the molecule is COCCC(C)n1c(CCl)nc2ccc(C)nc21. The highest BCUT2D eigenvalue weighted by molar-refractivity contribution is 6.16. The van der Waals surface area contributed by atoms with Crippen LogP contribution in [-0.4, -0.2) is 28.3 Å². The molecule has 2 rings (SSSR count). The fourth-order valence-electron chi connectivity index (χ4n) is 2.09. The average Bonchev–Trinajstić information content (AvgIpc) is 2.73. The normalized spacial score (nSPS) is 13.1. The molecular formula is C13H18ClN3O. The minimum absolute atomic E-state index is 0.276. The highest BCUT2D eigenvalue weighted by Gasteiger charge is 2.16. The number of imidazole rings is 1. The number of fused-ring (bicyclic) bond motifs is 1. The summed E-state index contributed by atoms with van der Waals surface area (Å²) in [5.41, 5.74) is 2.80. The highest BCUT2D eigenvalue weighted by Crippen LogP contribution is 2.23. The highest BCUT2D eigenvalue weighted by atomic mass is 35.5. The zero-order valence-corrected chi connectivity index (χ0v) is 11.7. The van der Waals surface area contributed by atoms with Gasteiger partial charge in [0.1, 0.15) is 11.3 Å². The van der Waals surface area contributed by atoms with Crippen LogP contribution in [0.5, 0.6) is 0 Å². The Kier molecular flexibility index (Phi) is 4.19.